The van der Waals surface area contributed by atoms with Crippen molar-refractivity contribution in [3.05, 3.63) is 88.9 Å². The summed E-state index contributed by atoms with van der Waals surface area (Å²) < 4.78 is 35.8. The van der Waals surface area contributed by atoms with E-state index in [1.807, 2.05) is 0 Å². The topological polar surface area (TPSA) is 94.1 Å². The lowest BCUT2D eigenvalue weighted by Crippen LogP contribution is -2.17. The molecule has 1 amide bonds. The first-order valence-corrected chi connectivity index (χ1v) is 10.4. The van der Waals surface area contributed by atoms with Crippen LogP contribution >= 0.6 is 11.6 Å². The molecular weight excluding hydrogens is 428 g/mol. The van der Waals surface area contributed by atoms with Crippen molar-refractivity contribution in [1.82, 2.24) is 5.43 Å². The van der Waals surface area contributed by atoms with Gasteiger partial charge in [0.25, 0.3) is 5.91 Å². The highest BCUT2D eigenvalue weighted by atomic mass is 35.5. The molecule has 0 atom stereocenters. The molecule has 0 radical (unpaired) electrons. The Hall–Kier alpha value is -3.36. The predicted octanol–water partition coefficient (Wildman–Crippen LogP) is 3.88. The number of halogens is 1. The quantitative estimate of drug-likeness (QED) is 0.339. The number of hydrogen-bond donors (Lipinski definition) is 1. The summed E-state index contributed by atoms with van der Waals surface area (Å²) in [6.07, 6.45) is 1.27. The first-order chi connectivity index (χ1) is 14.4. The fraction of sp³-hybridized carbons (Fsp3) is 0.0476. The molecule has 3 rings (SSSR count). The van der Waals surface area contributed by atoms with Crippen LogP contribution < -0.4 is 14.3 Å². The van der Waals surface area contributed by atoms with Crippen molar-refractivity contribution in [2.24, 2.45) is 5.10 Å². The van der Waals surface area contributed by atoms with Gasteiger partial charge < -0.3 is 8.92 Å². The second-order valence-electron chi connectivity index (χ2n) is 5.94. The average Bonchev–Trinajstić information content (AvgIpc) is 2.75. The zero-order valence-electron chi connectivity index (χ0n) is 15.8. The summed E-state index contributed by atoms with van der Waals surface area (Å²) in [6.45, 7) is 0. The highest BCUT2D eigenvalue weighted by molar-refractivity contribution is 7.87. The Morgan fingerprint density at radius 1 is 1.00 bits per heavy atom. The zero-order chi connectivity index (χ0) is 21.6. The number of nitrogens with zero attached hydrogens (tertiary/aromatic N) is 1. The first kappa shape index (κ1) is 21.4. The summed E-state index contributed by atoms with van der Waals surface area (Å²) in [5.41, 5.74) is 3.03. The molecule has 0 unspecified atom stereocenters. The van der Waals surface area contributed by atoms with Crippen LogP contribution in [0.3, 0.4) is 0 Å². The number of rotatable bonds is 7. The molecule has 30 heavy (non-hydrogen) atoms. The summed E-state index contributed by atoms with van der Waals surface area (Å²) in [7, 11) is -2.71. The van der Waals surface area contributed by atoms with Gasteiger partial charge in [-0.05, 0) is 48.5 Å². The molecule has 3 aromatic carbocycles. The van der Waals surface area contributed by atoms with Crippen LogP contribution in [0, 0.1) is 0 Å². The number of amides is 1. The van der Waals surface area contributed by atoms with Crippen molar-refractivity contribution in [3.8, 4) is 11.5 Å². The Bertz CT molecular complexity index is 1160. The summed E-state index contributed by atoms with van der Waals surface area (Å²) >= 11 is 5.81. The molecule has 0 saturated carbocycles. The highest BCUT2D eigenvalue weighted by Crippen LogP contribution is 2.32. The third-order valence-electron chi connectivity index (χ3n) is 3.93. The Labute approximate surface area is 179 Å². The third-order valence-corrected chi connectivity index (χ3v) is 5.42. The van der Waals surface area contributed by atoms with Gasteiger partial charge in [-0.15, -0.1) is 0 Å². The van der Waals surface area contributed by atoms with E-state index in [1.54, 1.807) is 60.7 Å². The monoisotopic (exact) mass is 444 g/mol. The van der Waals surface area contributed by atoms with Crippen molar-refractivity contribution >= 4 is 33.8 Å². The Kier molecular flexibility index (Phi) is 6.71. The van der Waals surface area contributed by atoms with Crippen LogP contribution in [-0.2, 0) is 10.1 Å². The molecule has 0 heterocycles. The molecule has 1 N–H and O–H groups in total. The molecule has 0 spiro atoms. The van der Waals surface area contributed by atoms with Gasteiger partial charge in [0.1, 0.15) is 4.90 Å². The van der Waals surface area contributed by atoms with E-state index in [0.29, 0.717) is 16.1 Å². The minimum Gasteiger partial charge on any atom is -0.493 e. The summed E-state index contributed by atoms with van der Waals surface area (Å²) in [4.78, 5) is 12.1. The Morgan fingerprint density at radius 3 is 2.37 bits per heavy atom. The van der Waals surface area contributed by atoms with Gasteiger partial charge in [0, 0.05) is 16.1 Å². The molecule has 9 heteroatoms. The van der Waals surface area contributed by atoms with Gasteiger partial charge in [-0.1, -0.05) is 35.9 Å². The Morgan fingerprint density at radius 2 is 1.70 bits per heavy atom. The van der Waals surface area contributed by atoms with E-state index in [9.17, 15) is 13.2 Å². The second kappa shape index (κ2) is 9.43. The van der Waals surface area contributed by atoms with Gasteiger partial charge >= 0.3 is 10.1 Å². The van der Waals surface area contributed by atoms with Gasteiger partial charge in [-0.2, -0.15) is 13.5 Å². The van der Waals surface area contributed by atoms with Gasteiger partial charge in [0.15, 0.2) is 11.5 Å². The van der Waals surface area contributed by atoms with Gasteiger partial charge in [0.05, 0.1) is 13.3 Å². The van der Waals surface area contributed by atoms with Gasteiger partial charge in [-0.3, -0.25) is 4.79 Å². The van der Waals surface area contributed by atoms with E-state index in [2.05, 4.69) is 10.5 Å². The van der Waals surface area contributed by atoms with Crippen molar-refractivity contribution in [2.45, 2.75) is 4.90 Å². The zero-order valence-corrected chi connectivity index (χ0v) is 17.4. The molecule has 0 aromatic heterocycles. The van der Waals surface area contributed by atoms with Crippen LogP contribution in [0.25, 0.3) is 0 Å². The minimum atomic E-state index is -4.10. The van der Waals surface area contributed by atoms with Crippen molar-refractivity contribution in [2.75, 3.05) is 7.11 Å². The number of hydrogen-bond acceptors (Lipinski definition) is 6. The van der Waals surface area contributed by atoms with Crippen LogP contribution in [0.2, 0.25) is 5.02 Å². The average molecular weight is 445 g/mol. The molecule has 0 bridgehead atoms. The van der Waals surface area contributed by atoms with Crippen molar-refractivity contribution < 1.29 is 22.1 Å². The fourth-order valence-corrected chi connectivity index (χ4v) is 3.57. The maximum absolute atomic E-state index is 12.6. The summed E-state index contributed by atoms with van der Waals surface area (Å²) in [5.74, 6) is -0.305. The van der Waals surface area contributed by atoms with E-state index in [-0.39, 0.29) is 16.4 Å². The molecule has 3 aromatic rings. The van der Waals surface area contributed by atoms with E-state index in [0.717, 1.165) is 0 Å². The number of carbonyl (C=O) groups excluding carboxylic acids is 1. The van der Waals surface area contributed by atoms with E-state index in [4.69, 9.17) is 20.5 Å². The summed E-state index contributed by atoms with van der Waals surface area (Å²) in [5, 5.41) is 4.40. The third kappa shape index (κ3) is 5.16. The normalized spacial score (nSPS) is 11.3. The van der Waals surface area contributed by atoms with E-state index >= 15 is 0 Å². The molecule has 0 aliphatic heterocycles. The van der Waals surface area contributed by atoms with E-state index < -0.39 is 16.0 Å². The molecule has 154 valence electrons. The van der Waals surface area contributed by atoms with Crippen molar-refractivity contribution in [3.63, 3.8) is 0 Å². The lowest BCUT2D eigenvalue weighted by atomic mass is 10.2. The molecule has 0 fully saturated rings. The number of benzene rings is 3. The molecule has 7 nitrogen and oxygen atoms in total. The number of para-hydroxylation sites is 1. The number of methoxy groups -OCH3 is 1. The van der Waals surface area contributed by atoms with Crippen molar-refractivity contribution in [1.29, 1.82) is 0 Å². The minimum absolute atomic E-state index is 0.00478. The number of nitrogens with one attached hydrogen (secondary N) is 1. The van der Waals surface area contributed by atoms with E-state index in [1.165, 1.54) is 25.5 Å². The predicted molar refractivity (Wildman–Crippen MR) is 114 cm³/mol. The second-order valence-corrected chi connectivity index (χ2v) is 7.92. The maximum Gasteiger partial charge on any atom is 0.339 e. The van der Waals surface area contributed by atoms with Crippen LogP contribution in [0.4, 0.5) is 0 Å². The number of ether oxygens (including phenoxy) is 1. The molecule has 0 aliphatic carbocycles. The van der Waals surface area contributed by atoms with Crippen LogP contribution in [-0.4, -0.2) is 27.6 Å². The maximum atomic E-state index is 12.6. The Balaban J connectivity index is 1.84. The van der Waals surface area contributed by atoms with Crippen LogP contribution in [0.5, 0.6) is 11.5 Å². The van der Waals surface area contributed by atoms with Gasteiger partial charge in [-0.25, -0.2) is 5.43 Å². The number of carbonyl (C=O) groups is 1. The molecular formula is C21H17ClN2O5S. The van der Waals surface area contributed by atoms with Crippen LogP contribution in [0.1, 0.15) is 15.9 Å². The SMILES string of the molecule is COc1cccc(/C=N/NC(=O)c2ccc(Cl)cc2)c1OS(=O)(=O)c1ccccc1. The largest absolute Gasteiger partial charge is 0.493 e. The first-order valence-electron chi connectivity index (χ1n) is 8.66. The summed E-state index contributed by atoms with van der Waals surface area (Å²) in [6, 6.07) is 18.8. The standard InChI is InChI=1S/C21H17ClN2O5S/c1-28-19-9-5-6-16(14-23-24-21(25)15-10-12-17(22)13-11-15)20(19)29-30(26,27)18-7-3-2-4-8-18/h2-14H,1H3,(H,24,25)/b23-14+. The smallest absolute Gasteiger partial charge is 0.339 e. The van der Waals surface area contributed by atoms with Crippen LogP contribution in [0.15, 0.2) is 82.8 Å². The van der Waals surface area contributed by atoms with Gasteiger partial charge in [0.2, 0.25) is 0 Å². The lowest BCUT2D eigenvalue weighted by molar-refractivity contribution is 0.0955. The molecule has 0 saturated heterocycles. The fourth-order valence-electron chi connectivity index (χ4n) is 2.46. The number of hydrazone groups is 1. The molecule has 0 aliphatic rings. The highest BCUT2D eigenvalue weighted by Gasteiger charge is 2.21. The lowest BCUT2D eigenvalue weighted by Gasteiger charge is -2.13.